The Hall–Kier alpha value is -2.84. The fraction of sp³-hybridized carbons (Fsp3) is 0.500. The van der Waals surface area contributed by atoms with E-state index >= 15 is 0 Å². The van der Waals surface area contributed by atoms with Crippen molar-refractivity contribution in [2.24, 2.45) is 5.92 Å². The third kappa shape index (κ3) is 5.08. The van der Waals surface area contributed by atoms with Crippen LogP contribution in [0.1, 0.15) is 12.0 Å². The lowest BCUT2D eigenvalue weighted by atomic mass is 10.1. The molecule has 2 rings (SSSR count). The molecule has 2 N–H and O–H groups in total. The molecular weight excluding hydrogens is 359 g/mol. The Morgan fingerprint density at radius 3 is 2.63 bits per heavy atom. The Morgan fingerprint density at radius 1 is 1.33 bits per heavy atom. The van der Waals surface area contributed by atoms with E-state index in [1.165, 1.54) is 7.11 Å². The Morgan fingerprint density at radius 2 is 2.04 bits per heavy atom. The number of rotatable bonds is 9. The summed E-state index contributed by atoms with van der Waals surface area (Å²) < 4.78 is 23.1. The van der Waals surface area contributed by atoms with Crippen molar-refractivity contribution in [3.8, 4) is 11.5 Å². The molecule has 1 aromatic carbocycles. The van der Waals surface area contributed by atoms with Gasteiger partial charge in [-0.15, -0.1) is 0 Å². The first kappa shape index (κ1) is 20.5. The van der Waals surface area contributed by atoms with Crippen LogP contribution in [0.2, 0.25) is 0 Å². The van der Waals surface area contributed by atoms with Gasteiger partial charge in [0.2, 0.25) is 11.8 Å². The summed E-state index contributed by atoms with van der Waals surface area (Å²) in [7, 11) is 3.08. The summed E-state index contributed by atoms with van der Waals surface area (Å²) in [6.45, 7) is -0.620. The van der Waals surface area contributed by atoms with Crippen LogP contribution < -0.4 is 14.8 Å². The van der Waals surface area contributed by atoms with Gasteiger partial charge in [-0.2, -0.15) is 0 Å². The number of aliphatic carboxylic acids is 1. The predicted octanol–water partition coefficient (Wildman–Crippen LogP) is 0.634. The van der Waals surface area contributed by atoms with E-state index in [9.17, 15) is 18.8 Å². The van der Waals surface area contributed by atoms with Gasteiger partial charge in [0.15, 0.2) is 17.5 Å². The number of alkyl halides is 1. The van der Waals surface area contributed by atoms with Gasteiger partial charge in [-0.3, -0.25) is 9.59 Å². The molecule has 0 spiro atoms. The Bertz CT molecular complexity index is 711. The quantitative estimate of drug-likeness (QED) is 0.649. The van der Waals surface area contributed by atoms with Crippen molar-refractivity contribution in [1.82, 2.24) is 10.2 Å². The van der Waals surface area contributed by atoms with E-state index in [4.69, 9.17) is 14.6 Å². The Balaban J connectivity index is 1.92. The molecule has 1 fully saturated rings. The van der Waals surface area contributed by atoms with Gasteiger partial charge in [0.1, 0.15) is 6.67 Å². The molecule has 148 valence electrons. The molecule has 8 nitrogen and oxygen atoms in total. The van der Waals surface area contributed by atoms with E-state index in [1.54, 1.807) is 18.1 Å². The summed E-state index contributed by atoms with van der Waals surface area (Å²) in [4.78, 5) is 36.6. The average Bonchev–Trinajstić information content (AvgIpc) is 3.04. The van der Waals surface area contributed by atoms with Crippen LogP contribution >= 0.6 is 0 Å². The van der Waals surface area contributed by atoms with Crippen LogP contribution in [0, 0.1) is 5.92 Å². The summed E-state index contributed by atoms with van der Waals surface area (Å²) in [5.41, 5.74) is 0.941. The molecule has 2 unspecified atom stereocenters. The molecule has 2 amide bonds. The first-order chi connectivity index (χ1) is 12.9. The molecule has 0 aromatic heterocycles. The van der Waals surface area contributed by atoms with E-state index in [-0.39, 0.29) is 18.9 Å². The third-order valence-electron chi connectivity index (χ3n) is 4.47. The molecule has 27 heavy (non-hydrogen) atoms. The molecule has 1 heterocycles. The number of carboxylic acid groups (broad SMARTS) is 1. The molecule has 1 aromatic rings. The number of carbonyl (C=O) groups is 3. The van der Waals surface area contributed by atoms with Crippen LogP contribution in [0.5, 0.6) is 11.5 Å². The third-order valence-corrected chi connectivity index (χ3v) is 4.47. The smallest absolute Gasteiger partial charge is 0.328 e. The fourth-order valence-corrected chi connectivity index (χ4v) is 2.92. The average molecular weight is 382 g/mol. The van der Waals surface area contributed by atoms with Gasteiger partial charge < -0.3 is 24.8 Å². The van der Waals surface area contributed by atoms with Gasteiger partial charge in [-0.25, -0.2) is 9.18 Å². The monoisotopic (exact) mass is 382 g/mol. The topological polar surface area (TPSA) is 105 Å². The van der Waals surface area contributed by atoms with Crippen molar-refractivity contribution in [2.45, 2.75) is 18.9 Å². The van der Waals surface area contributed by atoms with Gasteiger partial charge in [-0.1, -0.05) is 6.07 Å². The second-order valence-corrected chi connectivity index (χ2v) is 6.23. The van der Waals surface area contributed by atoms with E-state index < -0.39 is 30.5 Å². The number of carboxylic acids is 1. The molecule has 1 aliphatic heterocycles. The zero-order valence-corrected chi connectivity index (χ0v) is 15.2. The van der Waals surface area contributed by atoms with Crippen molar-refractivity contribution in [3.63, 3.8) is 0 Å². The molecule has 0 radical (unpaired) electrons. The number of amides is 2. The van der Waals surface area contributed by atoms with Crippen molar-refractivity contribution >= 4 is 17.8 Å². The minimum absolute atomic E-state index is 0.0175. The highest BCUT2D eigenvalue weighted by Crippen LogP contribution is 2.28. The fourth-order valence-electron chi connectivity index (χ4n) is 2.92. The number of ether oxygens (including phenoxy) is 2. The number of hydrogen-bond donors (Lipinski definition) is 2. The van der Waals surface area contributed by atoms with Crippen LogP contribution in [-0.2, 0) is 20.8 Å². The normalized spacial score (nSPS) is 17.5. The number of methoxy groups -OCH3 is 2. The highest BCUT2D eigenvalue weighted by Gasteiger charge is 2.35. The van der Waals surface area contributed by atoms with Crippen molar-refractivity contribution in [1.29, 1.82) is 0 Å². The summed E-state index contributed by atoms with van der Waals surface area (Å²) in [5, 5.41) is 10.9. The summed E-state index contributed by atoms with van der Waals surface area (Å²) in [6, 6.07) is 3.88. The molecule has 0 saturated carbocycles. The number of carbonyl (C=O) groups excluding carboxylic acids is 2. The first-order valence-corrected chi connectivity index (χ1v) is 8.47. The lowest BCUT2D eigenvalue weighted by Crippen LogP contribution is -2.45. The van der Waals surface area contributed by atoms with Crippen molar-refractivity contribution < 1.29 is 33.4 Å². The van der Waals surface area contributed by atoms with Gasteiger partial charge >= 0.3 is 5.97 Å². The molecule has 0 aliphatic carbocycles. The summed E-state index contributed by atoms with van der Waals surface area (Å²) in [6.07, 6.45) is 0.541. The highest BCUT2D eigenvalue weighted by atomic mass is 19.1. The largest absolute Gasteiger partial charge is 0.493 e. The molecule has 9 heteroatoms. The van der Waals surface area contributed by atoms with Crippen LogP contribution in [0.4, 0.5) is 4.39 Å². The zero-order valence-electron chi connectivity index (χ0n) is 15.2. The lowest BCUT2D eigenvalue weighted by Gasteiger charge is -2.18. The molecular formula is C18H23FN2O6. The Labute approximate surface area is 156 Å². The van der Waals surface area contributed by atoms with E-state index in [2.05, 4.69) is 5.32 Å². The standard InChI is InChI=1S/C18H23FN2O6/c1-26-14-4-3-11(7-15(14)27-2)5-6-21-10-12(8-16(21)22)17(23)20-13(9-19)18(24)25/h3-4,7,12-13H,5-6,8-10H2,1-2H3,(H,20,23)(H,24,25). The van der Waals surface area contributed by atoms with E-state index in [0.717, 1.165) is 5.56 Å². The maximum atomic E-state index is 12.6. The lowest BCUT2D eigenvalue weighted by molar-refractivity contribution is -0.142. The highest BCUT2D eigenvalue weighted by molar-refractivity contribution is 5.91. The van der Waals surface area contributed by atoms with Gasteiger partial charge in [0.05, 0.1) is 20.1 Å². The second-order valence-electron chi connectivity index (χ2n) is 6.23. The molecule has 2 atom stereocenters. The summed E-state index contributed by atoms with van der Waals surface area (Å²) in [5.74, 6) is -1.75. The van der Waals surface area contributed by atoms with Crippen LogP contribution in [-0.4, -0.2) is 67.8 Å². The first-order valence-electron chi connectivity index (χ1n) is 8.47. The van der Waals surface area contributed by atoms with E-state index in [0.29, 0.717) is 24.5 Å². The van der Waals surface area contributed by atoms with Crippen LogP contribution in [0.25, 0.3) is 0 Å². The minimum Gasteiger partial charge on any atom is -0.493 e. The van der Waals surface area contributed by atoms with Crippen molar-refractivity contribution in [2.75, 3.05) is 34.0 Å². The maximum absolute atomic E-state index is 12.6. The van der Waals surface area contributed by atoms with Crippen LogP contribution in [0.15, 0.2) is 18.2 Å². The van der Waals surface area contributed by atoms with Gasteiger partial charge in [-0.05, 0) is 24.1 Å². The molecule has 1 aliphatic rings. The van der Waals surface area contributed by atoms with Gasteiger partial charge in [0.25, 0.3) is 0 Å². The second kappa shape index (κ2) is 9.20. The zero-order chi connectivity index (χ0) is 20.0. The minimum atomic E-state index is -1.59. The number of halogens is 1. The molecule has 1 saturated heterocycles. The number of hydrogen-bond acceptors (Lipinski definition) is 5. The maximum Gasteiger partial charge on any atom is 0.328 e. The van der Waals surface area contributed by atoms with Crippen molar-refractivity contribution in [3.05, 3.63) is 23.8 Å². The summed E-state index contributed by atoms with van der Waals surface area (Å²) >= 11 is 0. The number of nitrogens with one attached hydrogen (secondary N) is 1. The van der Waals surface area contributed by atoms with Crippen LogP contribution in [0.3, 0.4) is 0 Å². The van der Waals surface area contributed by atoms with E-state index in [1.807, 2.05) is 12.1 Å². The predicted molar refractivity (Wildman–Crippen MR) is 93.5 cm³/mol. The SMILES string of the molecule is COc1ccc(CCN2CC(C(=O)NC(CF)C(=O)O)CC2=O)cc1OC. The Kier molecular flexibility index (Phi) is 6.98. The number of benzene rings is 1. The van der Waals surface area contributed by atoms with Gasteiger partial charge in [0, 0.05) is 19.5 Å². The molecule has 0 bridgehead atoms. The number of nitrogens with zero attached hydrogens (tertiary/aromatic N) is 1. The number of likely N-dealkylation sites (tertiary alicyclic amines) is 1.